The highest BCUT2D eigenvalue weighted by Gasteiger charge is 2.20. The summed E-state index contributed by atoms with van der Waals surface area (Å²) in [4.78, 5) is 25.0. The number of ether oxygens (including phenoxy) is 1. The lowest BCUT2D eigenvalue weighted by atomic mass is 9.97. The average Bonchev–Trinajstić information content (AvgIpc) is 2.74. The molecule has 0 radical (unpaired) electrons. The van der Waals surface area contributed by atoms with Gasteiger partial charge in [0.15, 0.2) is 0 Å². The van der Waals surface area contributed by atoms with Crippen LogP contribution in [0.1, 0.15) is 38.2 Å². The van der Waals surface area contributed by atoms with Crippen molar-refractivity contribution in [2.24, 2.45) is 0 Å². The van der Waals surface area contributed by atoms with E-state index < -0.39 is 11.9 Å². The molecule has 0 saturated carbocycles. The summed E-state index contributed by atoms with van der Waals surface area (Å²) >= 11 is 9.60. The van der Waals surface area contributed by atoms with E-state index in [1.807, 2.05) is 52.8 Å². The highest BCUT2D eigenvalue weighted by molar-refractivity contribution is 9.10. The molecule has 3 rings (SSSR count). The highest BCUT2D eigenvalue weighted by atomic mass is 79.9. The van der Waals surface area contributed by atoms with Crippen LogP contribution in [0.5, 0.6) is 11.5 Å². The Kier molecular flexibility index (Phi) is 7.26. The van der Waals surface area contributed by atoms with Crippen LogP contribution in [0.3, 0.4) is 0 Å². The molecule has 166 valence electrons. The number of rotatable bonds is 4. The number of hydrogen-bond donors (Lipinski definition) is 2. The Morgan fingerprint density at radius 2 is 1.53 bits per heavy atom. The molecule has 0 fully saturated rings. The third kappa shape index (κ3) is 4.97. The summed E-state index contributed by atoms with van der Waals surface area (Å²) in [5.74, 6) is 0.882. The number of urea groups is 1. The van der Waals surface area contributed by atoms with Gasteiger partial charge in [-0.1, -0.05) is 29.8 Å². The summed E-state index contributed by atoms with van der Waals surface area (Å²) in [5.41, 5.74) is 5.50. The monoisotopic (exact) mass is 514 g/mol. The first kappa shape index (κ1) is 23.8. The first-order chi connectivity index (χ1) is 15.1. The van der Waals surface area contributed by atoms with Gasteiger partial charge in [0.25, 0.3) is 5.91 Å². The van der Waals surface area contributed by atoms with E-state index in [2.05, 4.69) is 26.6 Å². The maximum atomic E-state index is 12.6. The maximum absolute atomic E-state index is 12.6. The second kappa shape index (κ2) is 9.76. The molecule has 2 N–H and O–H groups in total. The molecular weight excluding hydrogens is 492 g/mol. The zero-order valence-electron chi connectivity index (χ0n) is 18.5. The van der Waals surface area contributed by atoms with Crippen LogP contribution in [0.25, 0.3) is 0 Å². The van der Waals surface area contributed by atoms with Crippen LogP contribution in [-0.2, 0) is 0 Å². The minimum absolute atomic E-state index is 0.234. The Morgan fingerprint density at radius 1 is 0.906 bits per heavy atom. The summed E-state index contributed by atoms with van der Waals surface area (Å²) in [6.07, 6.45) is 0. The topological polar surface area (TPSA) is 67.4 Å². The third-order valence-electron chi connectivity index (χ3n) is 5.44. The van der Waals surface area contributed by atoms with Crippen molar-refractivity contribution in [1.29, 1.82) is 0 Å². The van der Waals surface area contributed by atoms with Crippen LogP contribution >= 0.6 is 27.5 Å². The van der Waals surface area contributed by atoms with E-state index in [9.17, 15) is 9.59 Å². The molecular formula is C25H24BrClN2O3. The normalized spacial score (nSPS) is 10.6. The van der Waals surface area contributed by atoms with Crippen LogP contribution in [0, 0.1) is 34.6 Å². The summed E-state index contributed by atoms with van der Waals surface area (Å²) in [6.45, 7) is 9.71. The number of benzene rings is 3. The molecule has 0 saturated heterocycles. The van der Waals surface area contributed by atoms with E-state index >= 15 is 0 Å². The molecule has 5 nitrogen and oxygen atoms in total. The van der Waals surface area contributed by atoms with Crippen LogP contribution in [0.4, 0.5) is 10.5 Å². The van der Waals surface area contributed by atoms with Crippen LogP contribution < -0.4 is 15.4 Å². The molecule has 32 heavy (non-hydrogen) atoms. The van der Waals surface area contributed by atoms with E-state index in [1.165, 1.54) is 0 Å². The largest absolute Gasteiger partial charge is 0.456 e. The lowest BCUT2D eigenvalue weighted by molar-refractivity contribution is 0.0967. The van der Waals surface area contributed by atoms with Gasteiger partial charge in [0.1, 0.15) is 11.5 Å². The molecule has 3 amide bonds. The predicted molar refractivity (Wildman–Crippen MR) is 132 cm³/mol. The van der Waals surface area contributed by atoms with Gasteiger partial charge in [0, 0.05) is 5.69 Å². The van der Waals surface area contributed by atoms with Crippen molar-refractivity contribution in [3.8, 4) is 11.5 Å². The fourth-order valence-electron chi connectivity index (χ4n) is 3.38. The second-order valence-electron chi connectivity index (χ2n) is 7.63. The molecule has 0 spiro atoms. The standard InChI is InChI=1S/C25H24BrClN2O3/c1-13-10-11-21(19(26)12-13)32-23-16(4)14(2)22(15(3)17(23)5)28-25(31)29-24(30)18-8-6-7-9-20(18)27/h6-12H,1-5H3,(H2,28,29,30,31). The van der Waals surface area contributed by atoms with Gasteiger partial charge in [0.2, 0.25) is 0 Å². The van der Waals surface area contributed by atoms with Crippen molar-refractivity contribution in [2.75, 3.05) is 5.32 Å². The number of hydrogen-bond acceptors (Lipinski definition) is 3. The van der Waals surface area contributed by atoms with Crippen LogP contribution in [0.15, 0.2) is 46.9 Å². The molecule has 0 aliphatic rings. The summed E-state index contributed by atoms with van der Waals surface area (Å²) in [6, 6.07) is 11.8. The van der Waals surface area contributed by atoms with E-state index in [4.69, 9.17) is 16.3 Å². The summed E-state index contributed by atoms with van der Waals surface area (Å²) < 4.78 is 7.11. The van der Waals surface area contributed by atoms with Crippen LogP contribution in [-0.4, -0.2) is 11.9 Å². The molecule has 0 unspecified atom stereocenters. The van der Waals surface area contributed by atoms with Crippen molar-refractivity contribution < 1.29 is 14.3 Å². The van der Waals surface area contributed by atoms with E-state index in [-0.39, 0.29) is 10.6 Å². The third-order valence-corrected chi connectivity index (χ3v) is 6.39. The van der Waals surface area contributed by atoms with Gasteiger partial charge in [-0.05, 0) is 103 Å². The number of nitrogens with one attached hydrogen (secondary N) is 2. The first-order valence-electron chi connectivity index (χ1n) is 10.0. The Balaban J connectivity index is 1.86. The van der Waals surface area contributed by atoms with E-state index in [0.717, 1.165) is 38.0 Å². The predicted octanol–water partition coefficient (Wildman–Crippen LogP) is 7.40. The quantitative estimate of drug-likeness (QED) is 0.380. The number of carbonyl (C=O) groups excluding carboxylic acids is 2. The van der Waals surface area contributed by atoms with Crippen LogP contribution in [0.2, 0.25) is 5.02 Å². The molecule has 0 aromatic heterocycles. The fraction of sp³-hybridized carbons (Fsp3) is 0.200. The second-order valence-corrected chi connectivity index (χ2v) is 8.89. The molecule has 0 bridgehead atoms. The zero-order chi connectivity index (χ0) is 23.6. The first-order valence-corrected chi connectivity index (χ1v) is 11.2. The molecule has 0 heterocycles. The van der Waals surface area contributed by atoms with Crippen molar-refractivity contribution in [1.82, 2.24) is 5.32 Å². The smallest absolute Gasteiger partial charge is 0.326 e. The summed E-state index contributed by atoms with van der Waals surface area (Å²) in [7, 11) is 0. The zero-order valence-corrected chi connectivity index (χ0v) is 20.9. The molecule has 7 heteroatoms. The van der Waals surface area contributed by atoms with E-state index in [1.54, 1.807) is 24.3 Å². The minimum atomic E-state index is -0.630. The Morgan fingerprint density at radius 3 is 2.12 bits per heavy atom. The van der Waals surface area contributed by atoms with E-state index in [0.29, 0.717) is 11.4 Å². The minimum Gasteiger partial charge on any atom is -0.456 e. The van der Waals surface area contributed by atoms with Crippen molar-refractivity contribution in [2.45, 2.75) is 34.6 Å². The Labute approximate surface area is 201 Å². The Hall–Kier alpha value is -2.83. The van der Waals surface area contributed by atoms with Gasteiger partial charge in [-0.15, -0.1) is 0 Å². The lowest BCUT2D eigenvalue weighted by Gasteiger charge is -2.21. The molecule has 0 aliphatic carbocycles. The van der Waals surface area contributed by atoms with Crippen molar-refractivity contribution in [3.63, 3.8) is 0 Å². The fourth-order valence-corrected chi connectivity index (χ4v) is 4.17. The molecule has 3 aromatic rings. The molecule has 0 atom stereocenters. The summed E-state index contributed by atoms with van der Waals surface area (Å²) in [5, 5.41) is 5.43. The van der Waals surface area contributed by atoms with Gasteiger partial charge in [-0.3, -0.25) is 10.1 Å². The van der Waals surface area contributed by atoms with Crippen molar-refractivity contribution in [3.05, 3.63) is 85.3 Å². The Bertz CT molecular complexity index is 1200. The van der Waals surface area contributed by atoms with Gasteiger partial charge in [-0.2, -0.15) is 0 Å². The average molecular weight is 516 g/mol. The number of carbonyl (C=O) groups is 2. The van der Waals surface area contributed by atoms with Gasteiger partial charge in [0.05, 0.1) is 15.1 Å². The highest BCUT2D eigenvalue weighted by Crippen LogP contribution is 2.40. The maximum Gasteiger partial charge on any atom is 0.326 e. The number of halogens is 2. The molecule has 3 aromatic carbocycles. The number of amides is 3. The number of aryl methyl sites for hydroxylation is 1. The lowest BCUT2D eigenvalue weighted by Crippen LogP contribution is -2.35. The van der Waals surface area contributed by atoms with Gasteiger partial charge < -0.3 is 10.1 Å². The van der Waals surface area contributed by atoms with Gasteiger partial charge >= 0.3 is 6.03 Å². The number of imide groups is 1. The molecule has 0 aliphatic heterocycles. The number of anilines is 1. The van der Waals surface area contributed by atoms with Crippen molar-refractivity contribution >= 4 is 45.2 Å². The van der Waals surface area contributed by atoms with Gasteiger partial charge in [-0.25, -0.2) is 4.79 Å². The SMILES string of the molecule is Cc1ccc(Oc2c(C)c(C)c(NC(=O)NC(=O)c3ccccc3Cl)c(C)c2C)c(Br)c1.